The minimum atomic E-state index is -4.59. The third-order valence-electron chi connectivity index (χ3n) is 6.34. The molecule has 1 aliphatic heterocycles. The van der Waals surface area contributed by atoms with Gasteiger partial charge in [-0.15, -0.1) is 0 Å². The largest absolute Gasteiger partial charge is 0.418 e. The van der Waals surface area contributed by atoms with E-state index in [9.17, 15) is 22.4 Å². The number of anilines is 2. The van der Waals surface area contributed by atoms with Gasteiger partial charge >= 0.3 is 6.18 Å². The fourth-order valence-corrected chi connectivity index (χ4v) is 4.42. The number of carbonyl (C=O) groups excluding carboxylic acids is 1. The molecule has 0 bridgehead atoms. The van der Waals surface area contributed by atoms with Gasteiger partial charge in [-0.25, -0.2) is 14.4 Å². The zero-order chi connectivity index (χ0) is 26.0. The smallest absolute Gasteiger partial charge is 0.368 e. The van der Waals surface area contributed by atoms with Gasteiger partial charge < -0.3 is 20.5 Å². The van der Waals surface area contributed by atoms with Crippen LogP contribution in [0.3, 0.4) is 0 Å². The lowest BCUT2D eigenvalue weighted by atomic mass is 10.0. The number of H-pyrrole nitrogens is 1. The topological polar surface area (TPSA) is 85.9 Å². The van der Waals surface area contributed by atoms with Crippen molar-refractivity contribution in [3.8, 4) is 0 Å². The number of alkyl halides is 3. The first-order valence-corrected chi connectivity index (χ1v) is 11.8. The highest BCUT2D eigenvalue weighted by atomic mass is 19.4. The molecule has 192 valence electrons. The predicted molar refractivity (Wildman–Crippen MR) is 132 cm³/mol. The van der Waals surface area contributed by atoms with Crippen LogP contribution < -0.4 is 15.5 Å². The van der Waals surface area contributed by atoms with Crippen LogP contribution in [0.2, 0.25) is 0 Å². The molecular formula is C26H24F4N6O. The molecule has 7 nitrogen and oxygen atoms in total. The highest BCUT2D eigenvalue weighted by Crippen LogP contribution is 2.38. The van der Waals surface area contributed by atoms with Crippen molar-refractivity contribution in [3.63, 3.8) is 0 Å². The number of amides is 1. The average molecular weight is 513 g/mol. The van der Waals surface area contributed by atoms with E-state index in [1.165, 1.54) is 30.3 Å². The van der Waals surface area contributed by atoms with E-state index in [-0.39, 0.29) is 16.9 Å². The van der Waals surface area contributed by atoms with Crippen LogP contribution in [-0.2, 0) is 19.0 Å². The minimum Gasteiger partial charge on any atom is -0.368 e. The van der Waals surface area contributed by atoms with Gasteiger partial charge in [-0.1, -0.05) is 0 Å². The first-order chi connectivity index (χ1) is 17.8. The van der Waals surface area contributed by atoms with Gasteiger partial charge in [0.05, 0.1) is 17.4 Å². The summed E-state index contributed by atoms with van der Waals surface area (Å²) >= 11 is 0. The molecule has 1 fully saturated rings. The van der Waals surface area contributed by atoms with Gasteiger partial charge in [-0.05, 0) is 66.4 Å². The Hall–Kier alpha value is -3.99. The van der Waals surface area contributed by atoms with Crippen LogP contribution in [-0.4, -0.2) is 47.0 Å². The number of nitrogens with zero attached hydrogens (tertiary/aromatic N) is 3. The molecule has 0 spiro atoms. The zero-order valence-electron chi connectivity index (χ0n) is 19.7. The van der Waals surface area contributed by atoms with Crippen molar-refractivity contribution in [1.82, 2.24) is 20.3 Å². The Bertz CT molecular complexity index is 1430. The third-order valence-corrected chi connectivity index (χ3v) is 6.34. The fourth-order valence-electron chi connectivity index (χ4n) is 4.42. The molecule has 2 aromatic heterocycles. The van der Waals surface area contributed by atoms with E-state index in [1.807, 2.05) is 6.07 Å². The van der Waals surface area contributed by atoms with Gasteiger partial charge in [0.15, 0.2) is 5.65 Å². The summed E-state index contributed by atoms with van der Waals surface area (Å²) in [5.74, 6) is -1.09. The van der Waals surface area contributed by atoms with Crippen molar-refractivity contribution in [2.45, 2.75) is 19.0 Å². The van der Waals surface area contributed by atoms with Gasteiger partial charge in [-0.2, -0.15) is 13.2 Å². The molecule has 0 atom stereocenters. The van der Waals surface area contributed by atoms with Crippen molar-refractivity contribution in [1.29, 1.82) is 0 Å². The van der Waals surface area contributed by atoms with Gasteiger partial charge in [0, 0.05) is 49.3 Å². The molecule has 4 aromatic rings. The maximum Gasteiger partial charge on any atom is 0.418 e. The molecule has 0 saturated carbocycles. The lowest BCUT2D eigenvalue weighted by Gasteiger charge is -2.31. The number of hydrogen-bond donors (Lipinski definition) is 3. The fraction of sp³-hybridized carbons (Fsp3) is 0.269. The Morgan fingerprint density at radius 3 is 2.62 bits per heavy atom. The number of piperazine rings is 1. The van der Waals surface area contributed by atoms with E-state index in [2.05, 4.69) is 25.6 Å². The summed E-state index contributed by atoms with van der Waals surface area (Å²) in [5, 5.41) is 5.64. The number of benzene rings is 2. The Labute approximate surface area is 209 Å². The lowest BCUT2D eigenvalue weighted by Crippen LogP contribution is -2.44. The number of rotatable bonds is 6. The highest BCUT2D eigenvalue weighted by Gasteiger charge is 2.35. The second-order valence-electron chi connectivity index (χ2n) is 8.84. The number of hydrogen-bond acceptors (Lipinski definition) is 5. The van der Waals surface area contributed by atoms with E-state index < -0.39 is 23.5 Å². The standard InChI is InChI=1S/C26H24F4N6O/c27-21-5-3-18(12-17(21)2-1-16-11-22-24(32-14-16)34-15-33-22)25(37)35-19-4-6-23(20(13-19)26(28,29)30)36-9-7-31-8-10-36/h3-6,11-15,31H,1-2,7-10H2,(H,35,37)(H,32,33,34). The van der Waals surface area contributed by atoms with Crippen LogP contribution in [0.1, 0.15) is 27.0 Å². The number of carbonyl (C=O) groups is 1. The Morgan fingerprint density at radius 1 is 1.03 bits per heavy atom. The monoisotopic (exact) mass is 512 g/mol. The summed E-state index contributed by atoms with van der Waals surface area (Å²) in [5.41, 5.74) is 1.99. The first-order valence-electron chi connectivity index (χ1n) is 11.8. The van der Waals surface area contributed by atoms with Crippen LogP contribution in [0.25, 0.3) is 11.2 Å². The highest BCUT2D eigenvalue weighted by molar-refractivity contribution is 6.04. The zero-order valence-corrected chi connectivity index (χ0v) is 19.7. The number of imidazole rings is 1. The maximum absolute atomic E-state index is 14.5. The molecule has 5 rings (SSSR count). The molecule has 37 heavy (non-hydrogen) atoms. The van der Waals surface area contributed by atoms with E-state index in [1.54, 1.807) is 17.4 Å². The van der Waals surface area contributed by atoms with Gasteiger partial charge in [0.2, 0.25) is 0 Å². The molecule has 11 heteroatoms. The van der Waals surface area contributed by atoms with Crippen LogP contribution in [0, 0.1) is 5.82 Å². The summed E-state index contributed by atoms with van der Waals surface area (Å²) in [7, 11) is 0. The second-order valence-corrected chi connectivity index (χ2v) is 8.84. The number of aryl methyl sites for hydroxylation is 2. The summed E-state index contributed by atoms with van der Waals surface area (Å²) in [4.78, 5) is 25.8. The van der Waals surface area contributed by atoms with Crippen molar-refractivity contribution >= 4 is 28.4 Å². The molecule has 0 radical (unpaired) electrons. The first kappa shape index (κ1) is 24.7. The Kier molecular flexibility index (Phi) is 6.79. The van der Waals surface area contributed by atoms with Crippen LogP contribution in [0.4, 0.5) is 28.9 Å². The van der Waals surface area contributed by atoms with Crippen molar-refractivity contribution < 1.29 is 22.4 Å². The normalized spacial score (nSPS) is 14.2. The second kappa shape index (κ2) is 10.2. The summed E-state index contributed by atoms with van der Waals surface area (Å²) in [6.07, 6.45) is -0.587. The summed E-state index contributed by atoms with van der Waals surface area (Å²) in [6, 6.07) is 9.58. The van der Waals surface area contributed by atoms with Crippen LogP contribution in [0.15, 0.2) is 55.0 Å². The predicted octanol–water partition coefficient (Wildman–Crippen LogP) is 4.56. The molecule has 0 unspecified atom stereocenters. The average Bonchev–Trinajstić information content (AvgIpc) is 3.36. The number of fused-ring (bicyclic) bond motifs is 1. The van der Waals surface area contributed by atoms with E-state index >= 15 is 0 Å². The number of aromatic amines is 1. The molecule has 2 aromatic carbocycles. The van der Waals surface area contributed by atoms with Crippen molar-refractivity contribution in [3.05, 3.63) is 83.1 Å². The maximum atomic E-state index is 14.5. The molecule has 3 N–H and O–H groups in total. The van der Waals surface area contributed by atoms with Gasteiger partial charge in [0.25, 0.3) is 5.91 Å². The summed E-state index contributed by atoms with van der Waals surface area (Å²) < 4.78 is 56.0. The third kappa shape index (κ3) is 5.56. The number of aromatic nitrogens is 3. The molecule has 3 heterocycles. The van der Waals surface area contributed by atoms with E-state index in [4.69, 9.17) is 0 Å². The van der Waals surface area contributed by atoms with Crippen LogP contribution in [0.5, 0.6) is 0 Å². The molecule has 1 amide bonds. The minimum absolute atomic E-state index is 0.0148. The van der Waals surface area contributed by atoms with Crippen LogP contribution >= 0.6 is 0 Å². The SMILES string of the molecule is O=C(Nc1ccc(N2CCNCC2)c(C(F)(F)F)c1)c1ccc(F)c(CCc2cnc3nc[nH]c3c2)c1. The molecule has 1 saturated heterocycles. The lowest BCUT2D eigenvalue weighted by molar-refractivity contribution is -0.137. The number of halogens is 4. The Morgan fingerprint density at radius 2 is 1.84 bits per heavy atom. The number of nitrogens with one attached hydrogen (secondary N) is 3. The van der Waals surface area contributed by atoms with Crippen molar-refractivity contribution in [2.24, 2.45) is 0 Å². The quantitative estimate of drug-likeness (QED) is 0.330. The van der Waals surface area contributed by atoms with Gasteiger partial charge in [0.1, 0.15) is 5.82 Å². The molecular weight excluding hydrogens is 488 g/mol. The van der Waals surface area contributed by atoms with Crippen molar-refractivity contribution in [2.75, 3.05) is 36.4 Å². The molecule has 0 aliphatic carbocycles. The molecule has 1 aliphatic rings. The number of pyridine rings is 1. The van der Waals surface area contributed by atoms with E-state index in [0.717, 1.165) is 17.1 Å². The summed E-state index contributed by atoms with van der Waals surface area (Å²) in [6.45, 7) is 2.10. The van der Waals surface area contributed by atoms with Gasteiger partial charge in [-0.3, -0.25) is 4.79 Å². The Balaban J connectivity index is 1.32. The van der Waals surface area contributed by atoms with E-state index in [0.29, 0.717) is 50.2 Å².